The Morgan fingerprint density at radius 1 is 1.24 bits per heavy atom. The lowest BCUT2D eigenvalue weighted by Crippen LogP contribution is -2.16. The van der Waals surface area contributed by atoms with Crippen molar-refractivity contribution in [3.8, 4) is 5.75 Å². The monoisotopic (exact) mass is 414 g/mol. The highest BCUT2D eigenvalue weighted by molar-refractivity contribution is 7.98. The summed E-state index contributed by atoms with van der Waals surface area (Å²) in [5, 5.41) is 10.1. The van der Waals surface area contributed by atoms with E-state index in [4.69, 9.17) is 15.0 Å². The van der Waals surface area contributed by atoms with Crippen LogP contribution in [0.25, 0.3) is 11.0 Å². The third-order valence-electron chi connectivity index (χ3n) is 5.63. The number of benzene rings is 1. The Morgan fingerprint density at radius 3 is 2.86 bits per heavy atom. The molecule has 0 spiro atoms. The molecule has 0 amide bonds. The van der Waals surface area contributed by atoms with Crippen molar-refractivity contribution in [3.05, 3.63) is 46.1 Å². The van der Waals surface area contributed by atoms with Crippen LogP contribution >= 0.6 is 11.8 Å². The van der Waals surface area contributed by atoms with Crippen LogP contribution in [-0.4, -0.2) is 22.0 Å². The molecule has 2 N–H and O–H groups in total. The second-order valence-corrected chi connectivity index (χ2v) is 8.50. The van der Waals surface area contributed by atoms with E-state index >= 15 is 0 Å². The van der Waals surface area contributed by atoms with Gasteiger partial charge in [0.25, 0.3) is 0 Å². The highest BCUT2D eigenvalue weighted by atomic mass is 32.2. The topological polar surface area (TPSA) is 96.2 Å². The lowest BCUT2D eigenvalue weighted by atomic mass is 9.86. The molecule has 0 aliphatic heterocycles. The summed E-state index contributed by atoms with van der Waals surface area (Å²) >= 11 is 1.47. The number of rotatable bonds is 7. The molecule has 2 heterocycles. The van der Waals surface area contributed by atoms with Crippen LogP contribution in [0.2, 0.25) is 0 Å². The zero-order valence-corrected chi connectivity index (χ0v) is 17.4. The van der Waals surface area contributed by atoms with Crippen LogP contribution in [0.4, 0.5) is 0 Å². The van der Waals surface area contributed by atoms with Crippen molar-refractivity contribution >= 4 is 22.7 Å². The van der Waals surface area contributed by atoms with Gasteiger partial charge in [-0.15, -0.1) is 10.2 Å². The highest BCUT2D eigenvalue weighted by Crippen LogP contribution is 2.29. The van der Waals surface area contributed by atoms with Gasteiger partial charge in [0.1, 0.15) is 11.3 Å². The number of nitrogen functional groups attached to an aromatic ring is 1. The second kappa shape index (κ2) is 8.90. The van der Waals surface area contributed by atoms with Gasteiger partial charge in [0, 0.05) is 29.7 Å². The first-order chi connectivity index (χ1) is 14.1. The quantitative estimate of drug-likeness (QED) is 0.356. The van der Waals surface area contributed by atoms with Crippen LogP contribution in [-0.2, 0) is 12.2 Å². The van der Waals surface area contributed by atoms with Crippen LogP contribution < -0.4 is 16.2 Å². The summed E-state index contributed by atoms with van der Waals surface area (Å²) in [6.45, 7) is 0. The molecule has 1 fully saturated rings. The molecular formula is C21H26N4O3S. The van der Waals surface area contributed by atoms with Gasteiger partial charge in [-0.25, -0.2) is 9.47 Å². The van der Waals surface area contributed by atoms with Gasteiger partial charge < -0.3 is 15.0 Å². The fourth-order valence-corrected chi connectivity index (χ4v) is 4.85. The van der Waals surface area contributed by atoms with Crippen LogP contribution in [0.1, 0.15) is 49.9 Å². The molecule has 0 atom stereocenters. The Morgan fingerprint density at radius 2 is 2.07 bits per heavy atom. The average molecular weight is 415 g/mol. The number of thioether (sulfide) groups is 1. The lowest BCUT2D eigenvalue weighted by molar-refractivity contribution is 0.336. The Bertz CT molecular complexity index is 1040. The fourth-order valence-electron chi connectivity index (χ4n) is 3.98. The van der Waals surface area contributed by atoms with Gasteiger partial charge >= 0.3 is 5.63 Å². The number of methoxy groups -OCH3 is 1. The van der Waals surface area contributed by atoms with E-state index in [0.717, 1.165) is 35.5 Å². The molecule has 4 rings (SSSR count). The number of aryl methyl sites for hydroxylation is 1. The second-order valence-electron chi connectivity index (χ2n) is 7.55. The van der Waals surface area contributed by atoms with Crippen LogP contribution in [0.15, 0.2) is 38.6 Å². The largest absolute Gasteiger partial charge is 0.497 e. The van der Waals surface area contributed by atoms with E-state index in [9.17, 15) is 4.79 Å². The molecule has 3 aromatic rings. The van der Waals surface area contributed by atoms with Gasteiger partial charge in [-0.05, 0) is 30.0 Å². The predicted molar refractivity (Wildman–Crippen MR) is 114 cm³/mol. The van der Waals surface area contributed by atoms with Crippen LogP contribution in [0.3, 0.4) is 0 Å². The number of ether oxygens (including phenoxy) is 1. The van der Waals surface area contributed by atoms with E-state index in [2.05, 4.69) is 10.2 Å². The number of hydrogen-bond donors (Lipinski definition) is 1. The van der Waals surface area contributed by atoms with Crippen LogP contribution in [0.5, 0.6) is 5.75 Å². The SMILES string of the molecule is COc1ccc2c(CSc3nnc(CCC4CCCCC4)n3N)cc(=O)oc2c1. The van der Waals surface area contributed by atoms with E-state index in [1.807, 2.05) is 12.1 Å². The van der Waals surface area contributed by atoms with E-state index < -0.39 is 0 Å². The molecular weight excluding hydrogens is 388 g/mol. The Hall–Kier alpha value is -2.48. The highest BCUT2D eigenvalue weighted by Gasteiger charge is 2.17. The molecule has 0 bridgehead atoms. The zero-order valence-electron chi connectivity index (χ0n) is 16.6. The van der Waals surface area contributed by atoms with Crippen molar-refractivity contribution in [3.63, 3.8) is 0 Å². The molecule has 0 radical (unpaired) electrons. The van der Waals surface area contributed by atoms with Gasteiger partial charge in [0.2, 0.25) is 5.16 Å². The van der Waals surface area contributed by atoms with Gasteiger partial charge in [0.15, 0.2) is 5.82 Å². The molecule has 1 saturated carbocycles. The normalized spacial score (nSPS) is 15.1. The van der Waals surface area contributed by atoms with E-state index in [1.165, 1.54) is 49.9 Å². The number of fused-ring (bicyclic) bond motifs is 1. The minimum Gasteiger partial charge on any atom is -0.497 e. The van der Waals surface area contributed by atoms with E-state index in [0.29, 0.717) is 22.2 Å². The van der Waals surface area contributed by atoms with Gasteiger partial charge in [0.05, 0.1) is 7.11 Å². The maximum absolute atomic E-state index is 11.9. The summed E-state index contributed by atoms with van der Waals surface area (Å²) in [4.78, 5) is 11.9. The van der Waals surface area contributed by atoms with Crippen molar-refractivity contribution in [2.45, 2.75) is 55.9 Å². The number of nitrogens with zero attached hydrogens (tertiary/aromatic N) is 3. The summed E-state index contributed by atoms with van der Waals surface area (Å²) in [7, 11) is 1.58. The van der Waals surface area contributed by atoms with Crippen molar-refractivity contribution < 1.29 is 9.15 Å². The molecule has 2 aromatic heterocycles. The summed E-state index contributed by atoms with van der Waals surface area (Å²) in [5.41, 5.74) is 0.995. The average Bonchev–Trinajstić information content (AvgIpc) is 3.10. The van der Waals surface area contributed by atoms with Crippen molar-refractivity contribution in [1.82, 2.24) is 14.9 Å². The standard InChI is InChI=1S/C21H26N4O3S/c1-27-16-8-9-17-15(11-20(26)28-18(17)12-16)13-29-21-24-23-19(25(21)22)10-7-14-5-3-2-4-6-14/h8-9,11-12,14H,2-7,10,13,22H2,1H3. The van der Waals surface area contributed by atoms with E-state index in [1.54, 1.807) is 17.9 Å². The molecule has 0 unspecified atom stereocenters. The Balaban J connectivity index is 1.45. The van der Waals surface area contributed by atoms with Gasteiger partial charge in [-0.1, -0.05) is 43.9 Å². The molecule has 1 aromatic carbocycles. The molecule has 8 heteroatoms. The van der Waals surface area contributed by atoms with Crippen molar-refractivity contribution in [2.24, 2.45) is 5.92 Å². The third kappa shape index (κ3) is 4.58. The molecule has 1 aliphatic carbocycles. The number of hydrogen-bond acceptors (Lipinski definition) is 7. The van der Waals surface area contributed by atoms with Crippen molar-refractivity contribution in [1.29, 1.82) is 0 Å². The summed E-state index contributed by atoms with van der Waals surface area (Å²) in [5.74, 6) is 9.03. The molecule has 154 valence electrons. The van der Waals surface area contributed by atoms with Gasteiger partial charge in [-0.2, -0.15) is 0 Å². The lowest BCUT2D eigenvalue weighted by Gasteiger charge is -2.20. The first-order valence-corrected chi connectivity index (χ1v) is 11.1. The zero-order chi connectivity index (χ0) is 20.2. The predicted octanol–water partition coefficient (Wildman–Crippen LogP) is 3.91. The minimum absolute atomic E-state index is 0.385. The molecule has 7 nitrogen and oxygen atoms in total. The Kier molecular flexibility index (Phi) is 6.08. The summed E-state index contributed by atoms with van der Waals surface area (Å²) in [6.07, 6.45) is 8.64. The fraction of sp³-hybridized carbons (Fsp3) is 0.476. The molecule has 0 saturated heterocycles. The van der Waals surface area contributed by atoms with Gasteiger partial charge in [-0.3, -0.25) is 0 Å². The first kappa shape index (κ1) is 19.8. The Labute approximate surface area is 173 Å². The maximum atomic E-state index is 11.9. The summed E-state index contributed by atoms with van der Waals surface area (Å²) < 4.78 is 12.1. The first-order valence-electron chi connectivity index (χ1n) is 10.1. The molecule has 1 aliphatic rings. The summed E-state index contributed by atoms with van der Waals surface area (Å²) in [6, 6.07) is 6.99. The number of nitrogens with two attached hydrogens (primary N) is 1. The molecule has 29 heavy (non-hydrogen) atoms. The van der Waals surface area contributed by atoms with Crippen molar-refractivity contribution in [2.75, 3.05) is 13.0 Å². The third-order valence-corrected chi connectivity index (χ3v) is 6.62. The minimum atomic E-state index is -0.385. The van der Waals surface area contributed by atoms with E-state index in [-0.39, 0.29) is 5.63 Å². The smallest absolute Gasteiger partial charge is 0.336 e. The van der Waals surface area contributed by atoms with Crippen LogP contribution in [0, 0.1) is 5.92 Å². The number of aromatic nitrogens is 3. The maximum Gasteiger partial charge on any atom is 0.336 e.